The van der Waals surface area contributed by atoms with Crippen molar-refractivity contribution in [1.82, 2.24) is 20.4 Å². The third kappa shape index (κ3) is 9.53. The van der Waals surface area contributed by atoms with E-state index in [9.17, 15) is 4.79 Å². The van der Waals surface area contributed by atoms with Crippen molar-refractivity contribution >= 4 is 6.03 Å². The molecule has 0 unspecified atom stereocenters. The van der Waals surface area contributed by atoms with Gasteiger partial charge in [0.25, 0.3) is 0 Å². The minimum absolute atomic E-state index is 0.0728. The Morgan fingerprint density at radius 2 is 1.11 bits per heavy atom. The highest BCUT2D eigenvalue weighted by Gasteiger charge is 2.03. The van der Waals surface area contributed by atoms with E-state index in [1.807, 2.05) is 12.1 Å². The third-order valence-electron chi connectivity index (χ3n) is 4.59. The number of urea groups is 1. The van der Waals surface area contributed by atoms with Crippen LogP contribution in [0.4, 0.5) is 4.79 Å². The van der Waals surface area contributed by atoms with Crippen LogP contribution in [0.2, 0.25) is 0 Å². The predicted octanol–water partition coefficient (Wildman–Crippen LogP) is 3.33. The summed E-state index contributed by atoms with van der Waals surface area (Å²) in [5.41, 5.74) is 2.63. The van der Waals surface area contributed by atoms with Crippen LogP contribution in [0.1, 0.15) is 24.0 Å². The van der Waals surface area contributed by atoms with Gasteiger partial charge in [0, 0.05) is 26.2 Å². The Labute approximate surface area is 169 Å². The van der Waals surface area contributed by atoms with Crippen LogP contribution in [-0.4, -0.2) is 56.1 Å². The van der Waals surface area contributed by atoms with Crippen molar-refractivity contribution in [3.05, 3.63) is 71.8 Å². The molecule has 5 nitrogen and oxygen atoms in total. The number of nitrogens with zero attached hydrogens (tertiary/aromatic N) is 2. The molecule has 2 amide bonds. The number of benzene rings is 2. The quantitative estimate of drug-likeness (QED) is 0.554. The number of carbonyl (C=O) groups excluding carboxylic acids is 1. The number of hydrogen-bond acceptors (Lipinski definition) is 3. The van der Waals surface area contributed by atoms with Crippen molar-refractivity contribution in [1.29, 1.82) is 0 Å². The summed E-state index contributed by atoms with van der Waals surface area (Å²) in [6.45, 7) is 5.17. The molecular weight excluding hydrogens is 348 g/mol. The summed E-state index contributed by atoms with van der Waals surface area (Å²) in [5, 5.41) is 5.88. The fourth-order valence-corrected chi connectivity index (χ4v) is 3.11. The Hall–Kier alpha value is -2.37. The Morgan fingerprint density at radius 3 is 1.50 bits per heavy atom. The lowest BCUT2D eigenvalue weighted by Gasteiger charge is -2.17. The number of carbonyl (C=O) groups is 1. The second-order valence-corrected chi connectivity index (χ2v) is 7.34. The summed E-state index contributed by atoms with van der Waals surface area (Å²) < 4.78 is 0. The molecule has 28 heavy (non-hydrogen) atoms. The van der Waals surface area contributed by atoms with Gasteiger partial charge in [0.2, 0.25) is 0 Å². The van der Waals surface area contributed by atoms with Gasteiger partial charge in [-0.1, -0.05) is 60.7 Å². The fourth-order valence-electron chi connectivity index (χ4n) is 3.11. The first-order valence-corrected chi connectivity index (χ1v) is 10.1. The third-order valence-corrected chi connectivity index (χ3v) is 4.59. The topological polar surface area (TPSA) is 47.6 Å². The zero-order valence-electron chi connectivity index (χ0n) is 17.2. The summed E-state index contributed by atoms with van der Waals surface area (Å²) in [7, 11) is 4.22. The molecule has 0 radical (unpaired) electrons. The Kier molecular flexibility index (Phi) is 10.1. The highest BCUT2D eigenvalue weighted by Crippen LogP contribution is 2.03. The van der Waals surface area contributed by atoms with Gasteiger partial charge in [0.05, 0.1) is 0 Å². The van der Waals surface area contributed by atoms with Gasteiger partial charge in [-0.05, 0) is 51.2 Å². The first kappa shape index (κ1) is 21.9. The van der Waals surface area contributed by atoms with Crippen LogP contribution in [-0.2, 0) is 13.1 Å². The number of amides is 2. The molecule has 0 fully saturated rings. The maximum absolute atomic E-state index is 11.9. The van der Waals surface area contributed by atoms with Crippen LogP contribution >= 0.6 is 0 Å². The molecule has 0 bridgehead atoms. The molecule has 0 saturated carbocycles. The Morgan fingerprint density at radius 1 is 0.714 bits per heavy atom. The fraction of sp³-hybridized carbons (Fsp3) is 0.435. The van der Waals surface area contributed by atoms with Crippen molar-refractivity contribution in [2.24, 2.45) is 0 Å². The minimum Gasteiger partial charge on any atom is -0.338 e. The van der Waals surface area contributed by atoms with E-state index in [-0.39, 0.29) is 6.03 Å². The van der Waals surface area contributed by atoms with E-state index in [1.165, 1.54) is 11.1 Å². The average Bonchev–Trinajstić information content (AvgIpc) is 2.70. The van der Waals surface area contributed by atoms with Gasteiger partial charge in [0.1, 0.15) is 0 Å². The predicted molar refractivity (Wildman–Crippen MR) is 116 cm³/mol. The lowest BCUT2D eigenvalue weighted by atomic mass is 10.2. The van der Waals surface area contributed by atoms with Gasteiger partial charge in [-0.2, -0.15) is 0 Å². The van der Waals surface area contributed by atoms with Crippen LogP contribution in [0.3, 0.4) is 0 Å². The molecule has 0 saturated heterocycles. The van der Waals surface area contributed by atoms with Crippen molar-refractivity contribution in [3.8, 4) is 0 Å². The first-order valence-electron chi connectivity index (χ1n) is 10.1. The maximum atomic E-state index is 11.9. The first-order chi connectivity index (χ1) is 13.6. The van der Waals surface area contributed by atoms with Crippen LogP contribution in [0.25, 0.3) is 0 Å². The number of nitrogens with one attached hydrogen (secondary N) is 2. The van der Waals surface area contributed by atoms with Crippen LogP contribution in [0, 0.1) is 0 Å². The molecule has 152 valence electrons. The van der Waals surface area contributed by atoms with E-state index in [0.717, 1.165) is 39.0 Å². The molecule has 5 heteroatoms. The van der Waals surface area contributed by atoms with Crippen molar-refractivity contribution in [2.45, 2.75) is 25.9 Å². The second-order valence-electron chi connectivity index (χ2n) is 7.34. The van der Waals surface area contributed by atoms with Gasteiger partial charge in [-0.15, -0.1) is 0 Å². The highest BCUT2D eigenvalue weighted by molar-refractivity contribution is 5.73. The molecular formula is C23H34N4O. The SMILES string of the molecule is CN(CCCNC(=O)NCCCN(C)Cc1ccccc1)Cc1ccccc1. The summed E-state index contributed by atoms with van der Waals surface area (Å²) in [4.78, 5) is 16.4. The summed E-state index contributed by atoms with van der Waals surface area (Å²) in [6.07, 6.45) is 1.88. The van der Waals surface area contributed by atoms with Gasteiger partial charge >= 0.3 is 6.03 Å². The average molecular weight is 383 g/mol. The molecule has 0 aliphatic heterocycles. The summed E-state index contributed by atoms with van der Waals surface area (Å²) >= 11 is 0. The van der Waals surface area contributed by atoms with E-state index in [2.05, 4.69) is 83.1 Å². The van der Waals surface area contributed by atoms with Crippen molar-refractivity contribution in [3.63, 3.8) is 0 Å². The molecule has 2 aromatic rings. The lowest BCUT2D eigenvalue weighted by molar-refractivity contribution is 0.238. The van der Waals surface area contributed by atoms with Crippen LogP contribution in [0.5, 0.6) is 0 Å². The molecule has 0 atom stereocenters. The summed E-state index contributed by atoms with van der Waals surface area (Å²) in [5.74, 6) is 0. The van der Waals surface area contributed by atoms with Gasteiger partial charge in [0.15, 0.2) is 0 Å². The van der Waals surface area contributed by atoms with Crippen molar-refractivity contribution < 1.29 is 4.79 Å². The zero-order valence-corrected chi connectivity index (χ0v) is 17.2. The van der Waals surface area contributed by atoms with Gasteiger partial charge in [-0.25, -0.2) is 4.79 Å². The van der Waals surface area contributed by atoms with Crippen LogP contribution in [0.15, 0.2) is 60.7 Å². The maximum Gasteiger partial charge on any atom is 0.314 e. The van der Waals surface area contributed by atoms with E-state index in [4.69, 9.17) is 0 Å². The molecule has 2 N–H and O–H groups in total. The monoisotopic (exact) mass is 382 g/mol. The van der Waals surface area contributed by atoms with E-state index in [0.29, 0.717) is 13.1 Å². The molecule has 0 heterocycles. The zero-order chi connectivity index (χ0) is 20.0. The van der Waals surface area contributed by atoms with Gasteiger partial charge < -0.3 is 20.4 Å². The number of hydrogen-bond donors (Lipinski definition) is 2. The minimum atomic E-state index is -0.0728. The van der Waals surface area contributed by atoms with E-state index < -0.39 is 0 Å². The lowest BCUT2D eigenvalue weighted by Crippen LogP contribution is -2.38. The highest BCUT2D eigenvalue weighted by atomic mass is 16.2. The normalized spacial score (nSPS) is 11.0. The molecule has 0 aliphatic carbocycles. The Balaban J connectivity index is 1.46. The molecule has 2 aromatic carbocycles. The Bertz CT molecular complexity index is 605. The second kappa shape index (κ2) is 12.9. The van der Waals surface area contributed by atoms with E-state index >= 15 is 0 Å². The molecule has 0 aromatic heterocycles. The smallest absolute Gasteiger partial charge is 0.314 e. The van der Waals surface area contributed by atoms with E-state index in [1.54, 1.807) is 0 Å². The van der Waals surface area contributed by atoms with Gasteiger partial charge in [-0.3, -0.25) is 0 Å². The standard InChI is InChI=1S/C23H34N4O/c1-26(19-21-11-5-3-6-12-21)17-9-15-24-23(28)25-16-10-18-27(2)20-22-13-7-4-8-14-22/h3-8,11-14H,9-10,15-20H2,1-2H3,(H2,24,25,28). The molecule has 0 aliphatic rings. The van der Waals surface area contributed by atoms with Crippen LogP contribution < -0.4 is 10.6 Å². The molecule has 0 spiro atoms. The number of rotatable bonds is 12. The molecule has 2 rings (SSSR count). The summed E-state index contributed by atoms with van der Waals surface area (Å²) in [6, 6.07) is 20.8. The van der Waals surface area contributed by atoms with Crippen molar-refractivity contribution in [2.75, 3.05) is 40.3 Å². The largest absolute Gasteiger partial charge is 0.338 e.